The maximum Gasteiger partial charge on any atom is 0.407 e. The van der Waals surface area contributed by atoms with E-state index in [1.807, 2.05) is 25.7 Å². The summed E-state index contributed by atoms with van der Waals surface area (Å²) in [5, 5.41) is 12.4. The normalized spacial score (nSPS) is 15.4. The molecule has 0 aliphatic carbocycles. The Balaban J connectivity index is 1.77. The van der Waals surface area contributed by atoms with Crippen LogP contribution < -0.4 is 21.3 Å². The zero-order valence-corrected chi connectivity index (χ0v) is 22.9. The number of aromatic nitrogens is 4. The molecule has 0 bridgehead atoms. The Morgan fingerprint density at radius 3 is 2.67 bits per heavy atom. The Morgan fingerprint density at radius 1 is 1.23 bits per heavy atom. The monoisotopic (exact) mass is 531 g/mol. The topological polar surface area (TPSA) is 127 Å². The Kier molecular flexibility index (Phi) is 7.82. The molecule has 1 N–H and O–H groups in total. The number of alkyl carbamates (subject to hydrolysis) is 1. The minimum Gasteiger partial charge on any atom is -0.444 e. The summed E-state index contributed by atoms with van der Waals surface area (Å²) in [7, 11) is 1.52. The molecule has 4 rings (SSSR count). The van der Waals surface area contributed by atoms with Gasteiger partial charge in [-0.1, -0.05) is 24.1 Å². The number of hydrogen-bond donors (Lipinski definition) is 1. The highest BCUT2D eigenvalue weighted by atomic mass is 16.6. The van der Waals surface area contributed by atoms with E-state index in [0.29, 0.717) is 30.2 Å². The predicted octanol–water partition coefficient (Wildman–Crippen LogP) is 2.33. The second-order valence-corrected chi connectivity index (χ2v) is 10.5. The van der Waals surface area contributed by atoms with Gasteiger partial charge in [0.15, 0.2) is 5.52 Å². The van der Waals surface area contributed by atoms with Gasteiger partial charge in [-0.05, 0) is 52.2 Å². The van der Waals surface area contributed by atoms with E-state index >= 15 is 0 Å². The van der Waals surface area contributed by atoms with Gasteiger partial charge in [-0.2, -0.15) is 5.26 Å². The van der Waals surface area contributed by atoms with Crippen molar-refractivity contribution >= 4 is 23.1 Å². The molecule has 1 fully saturated rings. The van der Waals surface area contributed by atoms with Crippen LogP contribution in [0.25, 0.3) is 11.0 Å². The Hall–Kier alpha value is -4.51. The van der Waals surface area contributed by atoms with Crippen molar-refractivity contribution < 1.29 is 9.53 Å². The second-order valence-electron chi connectivity index (χ2n) is 10.5. The number of rotatable bonds is 5. The lowest BCUT2D eigenvalue weighted by atomic mass is 10.1. The highest BCUT2D eigenvalue weighted by Crippen LogP contribution is 2.23. The highest BCUT2D eigenvalue weighted by Gasteiger charge is 2.29. The van der Waals surface area contributed by atoms with Crippen molar-refractivity contribution in [3.63, 3.8) is 0 Å². The molecule has 1 aliphatic rings. The molecule has 39 heavy (non-hydrogen) atoms. The van der Waals surface area contributed by atoms with Crippen molar-refractivity contribution in [2.45, 2.75) is 65.3 Å². The van der Waals surface area contributed by atoms with Gasteiger partial charge in [-0.25, -0.2) is 19.1 Å². The van der Waals surface area contributed by atoms with E-state index in [9.17, 15) is 19.6 Å². The average Bonchev–Trinajstić information content (AvgIpc) is 3.27. The molecule has 11 nitrogen and oxygen atoms in total. The van der Waals surface area contributed by atoms with E-state index in [4.69, 9.17) is 4.74 Å². The standard InChI is InChI=1S/C28H33N7O4/c1-6-7-15-34-23-22(24(36)32(5)35(25(23)37)17-20-12-9-8-11-19(20)16-29)31-26(34)33-14-10-13-21(18-33)30-27(38)39-28(2,3)4/h8-9,11-12,21H,10,13-15,17-18H2,1-5H3,(H,30,38)/t21-/m1/s1. The van der Waals surface area contributed by atoms with E-state index in [1.165, 1.54) is 16.4 Å². The van der Waals surface area contributed by atoms with Crippen LogP contribution in [0.2, 0.25) is 0 Å². The molecule has 1 aliphatic heterocycles. The summed E-state index contributed by atoms with van der Waals surface area (Å²) in [6.45, 7) is 8.42. The lowest BCUT2D eigenvalue weighted by Gasteiger charge is -2.34. The number of fused-ring (bicyclic) bond motifs is 1. The number of benzene rings is 1. The first-order valence-corrected chi connectivity index (χ1v) is 12.9. The maximum absolute atomic E-state index is 13.8. The molecule has 2 aromatic heterocycles. The third-order valence-electron chi connectivity index (χ3n) is 6.54. The summed E-state index contributed by atoms with van der Waals surface area (Å²) in [4.78, 5) is 46.3. The number of amides is 1. The quantitative estimate of drug-likeness (QED) is 0.501. The first-order valence-electron chi connectivity index (χ1n) is 12.9. The van der Waals surface area contributed by atoms with Gasteiger partial charge in [0.1, 0.15) is 11.1 Å². The van der Waals surface area contributed by atoms with Crippen molar-refractivity contribution in [1.29, 1.82) is 5.26 Å². The van der Waals surface area contributed by atoms with Crippen molar-refractivity contribution in [1.82, 2.24) is 24.2 Å². The first kappa shape index (κ1) is 27.5. The lowest BCUT2D eigenvalue weighted by Crippen LogP contribution is -2.49. The summed E-state index contributed by atoms with van der Waals surface area (Å²) >= 11 is 0. The number of carbonyl (C=O) groups is 1. The van der Waals surface area contributed by atoms with Gasteiger partial charge < -0.3 is 15.0 Å². The number of carbonyl (C=O) groups excluding carboxylic acids is 1. The fourth-order valence-electron chi connectivity index (χ4n) is 4.73. The summed E-state index contributed by atoms with van der Waals surface area (Å²) in [6, 6.07) is 8.92. The van der Waals surface area contributed by atoms with Gasteiger partial charge in [0.05, 0.1) is 24.7 Å². The van der Waals surface area contributed by atoms with Crippen LogP contribution in [0, 0.1) is 23.2 Å². The van der Waals surface area contributed by atoms with Crippen molar-refractivity contribution in [3.05, 3.63) is 56.1 Å². The molecule has 0 unspecified atom stereocenters. The molecule has 0 saturated carbocycles. The summed E-state index contributed by atoms with van der Waals surface area (Å²) in [5.41, 5.74) is -0.169. The Bertz CT molecular complexity index is 1620. The molecular weight excluding hydrogens is 498 g/mol. The van der Waals surface area contributed by atoms with E-state index < -0.39 is 22.8 Å². The maximum atomic E-state index is 13.8. The third-order valence-corrected chi connectivity index (χ3v) is 6.54. The minimum absolute atomic E-state index is 0.0514. The number of nitrogens with zero attached hydrogens (tertiary/aromatic N) is 6. The molecule has 3 heterocycles. The molecule has 0 radical (unpaired) electrons. The van der Waals surface area contributed by atoms with Crippen LogP contribution in [0.1, 0.15) is 51.7 Å². The highest BCUT2D eigenvalue weighted by molar-refractivity contribution is 5.77. The van der Waals surface area contributed by atoms with Gasteiger partial charge in [-0.3, -0.25) is 14.2 Å². The van der Waals surface area contributed by atoms with E-state index in [-0.39, 0.29) is 30.2 Å². The second kappa shape index (κ2) is 11.1. The molecule has 0 spiro atoms. The van der Waals surface area contributed by atoms with E-state index in [0.717, 1.165) is 12.8 Å². The number of hydrogen-bond acceptors (Lipinski definition) is 7. The summed E-state index contributed by atoms with van der Waals surface area (Å²) < 4.78 is 9.66. The van der Waals surface area contributed by atoms with Gasteiger partial charge in [0, 0.05) is 26.2 Å². The molecule has 3 aromatic rings. The average molecular weight is 532 g/mol. The first-order chi connectivity index (χ1) is 18.5. The summed E-state index contributed by atoms with van der Waals surface area (Å²) in [6.07, 6.45) is 1.04. The summed E-state index contributed by atoms with van der Waals surface area (Å²) in [5.74, 6) is 6.30. The molecule has 1 atom stereocenters. The van der Waals surface area contributed by atoms with Crippen molar-refractivity contribution in [2.75, 3.05) is 18.0 Å². The Morgan fingerprint density at radius 2 is 1.97 bits per heavy atom. The van der Waals surface area contributed by atoms with Crippen molar-refractivity contribution in [3.8, 4) is 17.9 Å². The number of nitrogens with one attached hydrogen (secondary N) is 1. The number of nitriles is 1. The van der Waals surface area contributed by atoms with E-state index in [1.54, 1.807) is 35.8 Å². The van der Waals surface area contributed by atoms with Gasteiger partial charge >= 0.3 is 6.09 Å². The molecule has 204 valence electrons. The fraction of sp³-hybridized carbons (Fsp3) is 0.464. The number of anilines is 1. The zero-order valence-electron chi connectivity index (χ0n) is 22.9. The number of ether oxygens (including phenoxy) is 1. The number of piperidine rings is 1. The van der Waals surface area contributed by atoms with Gasteiger partial charge in [0.2, 0.25) is 5.95 Å². The van der Waals surface area contributed by atoms with Crippen LogP contribution in [0.3, 0.4) is 0 Å². The molecule has 1 saturated heterocycles. The van der Waals surface area contributed by atoms with Gasteiger partial charge in [0.25, 0.3) is 11.1 Å². The molecule has 1 amide bonds. The SMILES string of the molecule is CC#CCn1c(N2CCC[C@@H](NC(=O)OC(C)(C)C)C2)nc2c(=O)n(C)n(Cc3ccccc3C#N)c(=O)c21. The number of imidazole rings is 1. The fourth-order valence-corrected chi connectivity index (χ4v) is 4.73. The van der Waals surface area contributed by atoms with Crippen LogP contribution >= 0.6 is 0 Å². The van der Waals surface area contributed by atoms with Crippen LogP contribution in [-0.2, 0) is 24.9 Å². The zero-order chi connectivity index (χ0) is 28.3. The minimum atomic E-state index is -0.612. The Labute approximate surface area is 226 Å². The van der Waals surface area contributed by atoms with Gasteiger partial charge in [-0.15, -0.1) is 5.92 Å². The van der Waals surface area contributed by atoms with Crippen LogP contribution in [0.4, 0.5) is 10.7 Å². The molecular formula is C28H33N7O4. The van der Waals surface area contributed by atoms with Crippen molar-refractivity contribution in [2.24, 2.45) is 7.05 Å². The third kappa shape index (κ3) is 5.83. The predicted molar refractivity (Wildman–Crippen MR) is 148 cm³/mol. The molecule has 11 heteroatoms. The van der Waals surface area contributed by atoms with Crippen LogP contribution in [0.5, 0.6) is 0 Å². The largest absolute Gasteiger partial charge is 0.444 e. The van der Waals surface area contributed by atoms with E-state index in [2.05, 4.69) is 28.2 Å². The molecule has 1 aromatic carbocycles. The van der Waals surface area contributed by atoms with Crippen LogP contribution in [-0.4, -0.2) is 49.7 Å². The van der Waals surface area contributed by atoms with Crippen LogP contribution in [0.15, 0.2) is 33.9 Å². The smallest absolute Gasteiger partial charge is 0.407 e. The lowest BCUT2D eigenvalue weighted by molar-refractivity contribution is 0.0499.